The minimum Gasteiger partial charge on any atom is -0.494 e. The maximum absolute atomic E-state index is 13.5. The number of hydrogen-bond donors (Lipinski definition) is 1. The van der Waals surface area contributed by atoms with Crippen molar-refractivity contribution in [2.75, 3.05) is 22.8 Å². The Labute approximate surface area is 206 Å². The number of nitrogens with zero attached hydrogens (tertiary/aromatic N) is 1. The van der Waals surface area contributed by atoms with Crippen LogP contribution in [0.25, 0.3) is 0 Å². The summed E-state index contributed by atoms with van der Waals surface area (Å²) in [5.74, 6) is 0.891. The molecule has 0 heterocycles. The number of nitrogens with one attached hydrogen (secondary N) is 1. The van der Waals surface area contributed by atoms with Crippen LogP contribution in [-0.4, -0.2) is 33.6 Å². The predicted octanol–water partition coefficient (Wildman–Crippen LogP) is 5.24. The van der Waals surface area contributed by atoms with Gasteiger partial charge in [0, 0.05) is 5.69 Å². The molecule has 0 unspecified atom stereocenters. The number of amides is 1. The molecule has 3 aromatic rings. The monoisotopic (exact) mass is 494 g/mol. The second-order valence-electron chi connectivity index (χ2n) is 8.35. The van der Waals surface area contributed by atoms with E-state index >= 15 is 0 Å². The zero-order valence-electron chi connectivity index (χ0n) is 19.7. The molecule has 35 heavy (non-hydrogen) atoms. The summed E-state index contributed by atoms with van der Waals surface area (Å²) in [6, 6.07) is 21.9. The fourth-order valence-electron chi connectivity index (χ4n) is 4.06. The second kappa shape index (κ2) is 11.3. The number of benzene rings is 3. The van der Waals surface area contributed by atoms with Crippen LogP contribution in [0.2, 0.25) is 0 Å². The molecule has 4 rings (SSSR count). The third kappa shape index (κ3) is 6.33. The number of rotatable bonds is 10. The molecule has 1 N–H and O–H groups in total. The van der Waals surface area contributed by atoms with Crippen molar-refractivity contribution in [3.63, 3.8) is 0 Å². The fourth-order valence-corrected chi connectivity index (χ4v) is 5.48. The van der Waals surface area contributed by atoms with Gasteiger partial charge in [-0.3, -0.25) is 9.10 Å². The lowest BCUT2D eigenvalue weighted by molar-refractivity contribution is -0.114. The third-order valence-electron chi connectivity index (χ3n) is 5.80. The van der Waals surface area contributed by atoms with Crippen LogP contribution in [0.3, 0.4) is 0 Å². The summed E-state index contributed by atoms with van der Waals surface area (Å²) in [7, 11) is -4.00. The van der Waals surface area contributed by atoms with E-state index in [-0.39, 0.29) is 17.5 Å². The summed E-state index contributed by atoms with van der Waals surface area (Å²) >= 11 is 0. The van der Waals surface area contributed by atoms with Crippen LogP contribution in [0.5, 0.6) is 11.5 Å². The Morgan fingerprint density at radius 3 is 2.17 bits per heavy atom. The molecular weight excluding hydrogens is 464 g/mol. The zero-order valence-corrected chi connectivity index (χ0v) is 20.5. The minimum absolute atomic E-state index is 0.0750. The molecule has 0 saturated heterocycles. The van der Waals surface area contributed by atoms with Crippen molar-refractivity contribution in [1.82, 2.24) is 0 Å². The van der Waals surface area contributed by atoms with Crippen molar-refractivity contribution in [3.05, 3.63) is 78.9 Å². The van der Waals surface area contributed by atoms with Crippen LogP contribution < -0.4 is 19.1 Å². The molecule has 1 saturated carbocycles. The van der Waals surface area contributed by atoms with Gasteiger partial charge in [0.1, 0.15) is 18.0 Å². The topological polar surface area (TPSA) is 84.9 Å². The maximum Gasteiger partial charge on any atom is 0.264 e. The molecule has 0 atom stereocenters. The Kier molecular flexibility index (Phi) is 7.92. The van der Waals surface area contributed by atoms with Crippen LogP contribution in [0.1, 0.15) is 32.6 Å². The largest absolute Gasteiger partial charge is 0.494 e. The first-order valence-corrected chi connectivity index (χ1v) is 13.3. The van der Waals surface area contributed by atoms with E-state index in [1.165, 1.54) is 25.0 Å². The van der Waals surface area contributed by atoms with Crippen LogP contribution in [0, 0.1) is 0 Å². The van der Waals surface area contributed by atoms with Gasteiger partial charge < -0.3 is 14.8 Å². The Morgan fingerprint density at radius 1 is 0.914 bits per heavy atom. The highest BCUT2D eigenvalue weighted by Gasteiger charge is 2.27. The summed E-state index contributed by atoms with van der Waals surface area (Å²) in [6.45, 7) is 1.96. The van der Waals surface area contributed by atoms with Gasteiger partial charge in [-0.25, -0.2) is 8.42 Å². The second-order valence-corrected chi connectivity index (χ2v) is 10.2. The predicted molar refractivity (Wildman–Crippen MR) is 137 cm³/mol. The lowest BCUT2D eigenvalue weighted by Crippen LogP contribution is -2.38. The number of carbonyl (C=O) groups is 1. The normalized spacial score (nSPS) is 13.9. The molecule has 184 valence electrons. The van der Waals surface area contributed by atoms with Crippen LogP contribution in [-0.2, 0) is 14.8 Å². The molecule has 8 heteroatoms. The maximum atomic E-state index is 13.5. The highest BCUT2D eigenvalue weighted by atomic mass is 32.2. The molecule has 0 radical (unpaired) electrons. The Balaban J connectivity index is 1.49. The van der Waals surface area contributed by atoms with E-state index in [9.17, 15) is 13.2 Å². The average Bonchev–Trinajstić information content (AvgIpc) is 3.38. The Hall–Kier alpha value is -3.52. The molecule has 1 amide bonds. The van der Waals surface area contributed by atoms with Crippen LogP contribution >= 0.6 is 0 Å². The van der Waals surface area contributed by atoms with Crippen molar-refractivity contribution < 1.29 is 22.7 Å². The first-order valence-electron chi connectivity index (χ1n) is 11.8. The van der Waals surface area contributed by atoms with E-state index in [1.807, 2.05) is 19.1 Å². The highest BCUT2D eigenvalue weighted by Crippen LogP contribution is 2.27. The SMILES string of the molecule is CCOc1ccc(S(=O)(=O)N(CC(=O)Nc2ccc(OC3CCCC3)cc2)c2ccccc2)cc1. The first kappa shape index (κ1) is 24.6. The number of sulfonamides is 1. The van der Waals surface area contributed by atoms with Gasteiger partial charge in [0.2, 0.25) is 5.91 Å². The van der Waals surface area contributed by atoms with Crippen LogP contribution in [0.4, 0.5) is 11.4 Å². The summed E-state index contributed by atoms with van der Waals surface area (Å²) < 4.78 is 39.5. The molecule has 0 aromatic heterocycles. The molecule has 3 aromatic carbocycles. The molecule has 0 spiro atoms. The molecular formula is C27H30N2O5S. The molecule has 0 bridgehead atoms. The molecule has 0 aliphatic heterocycles. The van der Waals surface area contributed by atoms with E-state index < -0.39 is 15.9 Å². The summed E-state index contributed by atoms with van der Waals surface area (Å²) in [6.07, 6.45) is 4.77. The number of hydrogen-bond acceptors (Lipinski definition) is 5. The van der Waals surface area contributed by atoms with Gasteiger partial charge in [-0.15, -0.1) is 0 Å². The van der Waals surface area contributed by atoms with E-state index in [1.54, 1.807) is 54.6 Å². The quantitative estimate of drug-likeness (QED) is 0.417. The van der Waals surface area contributed by atoms with Gasteiger partial charge in [0.25, 0.3) is 10.0 Å². The number of para-hydroxylation sites is 1. The Morgan fingerprint density at radius 2 is 1.54 bits per heavy atom. The van der Waals surface area contributed by atoms with Gasteiger partial charge in [-0.2, -0.15) is 0 Å². The molecule has 7 nitrogen and oxygen atoms in total. The zero-order chi connectivity index (χ0) is 24.7. The van der Waals surface area contributed by atoms with Gasteiger partial charge in [-0.1, -0.05) is 18.2 Å². The summed E-state index contributed by atoms with van der Waals surface area (Å²) in [4.78, 5) is 13.0. The Bertz CT molecular complexity index is 1210. The lowest BCUT2D eigenvalue weighted by Gasteiger charge is -2.24. The van der Waals surface area contributed by atoms with Gasteiger partial charge >= 0.3 is 0 Å². The smallest absolute Gasteiger partial charge is 0.264 e. The third-order valence-corrected chi connectivity index (χ3v) is 7.59. The molecule has 1 aliphatic rings. The highest BCUT2D eigenvalue weighted by molar-refractivity contribution is 7.92. The number of ether oxygens (including phenoxy) is 2. The van der Waals surface area contributed by atoms with E-state index in [4.69, 9.17) is 9.47 Å². The number of carbonyl (C=O) groups excluding carboxylic acids is 1. The van der Waals surface area contributed by atoms with Crippen molar-refractivity contribution >= 4 is 27.3 Å². The van der Waals surface area contributed by atoms with Gasteiger partial charge in [0.15, 0.2) is 0 Å². The van der Waals surface area contributed by atoms with Crippen molar-refractivity contribution in [2.24, 2.45) is 0 Å². The summed E-state index contributed by atoms with van der Waals surface area (Å²) in [5.41, 5.74) is 0.970. The fraction of sp³-hybridized carbons (Fsp3) is 0.296. The first-order chi connectivity index (χ1) is 17.0. The van der Waals surface area contributed by atoms with E-state index in [2.05, 4.69) is 5.32 Å². The van der Waals surface area contributed by atoms with Crippen molar-refractivity contribution in [3.8, 4) is 11.5 Å². The molecule has 1 fully saturated rings. The molecule has 1 aliphatic carbocycles. The minimum atomic E-state index is -4.00. The average molecular weight is 495 g/mol. The van der Waals surface area contributed by atoms with E-state index in [0.717, 1.165) is 22.9 Å². The van der Waals surface area contributed by atoms with Crippen molar-refractivity contribution in [2.45, 2.75) is 43.6 Å². The number of anilines is 2. The van der Waals surface area contributed by atoms with Crippen molar-refractivity contribution in [1.29, 1.82) is 0 Å². The van der Waals surface area contributed by atoms with Crippen LogP contribution in [0.15, 0.2) is 83.8 Å². The lowest BCUT2D eigenvalue weighted by atomic mass is 10.2. The van der Waals surface area contributed by atoms with Gasteiger partial charge in [-0.05, 0) is 93.3 Å². The summed E-state index contributed by atoms with van der Waals surface area (Å²) in [5, 5.41) is 2.79. The van der Waals surface area contributed by atoms with Gasteiger partial charge in [0.05, 0.1) is 23.3 Å². The standard InChI is InChI=1S/C27H30N2O5S/c1-2-33-23-16-18-26(19-17-23)35(31,32)29(22-8-4-3-5-9-22)20-27(30)28-21-12-14-25(15-13-21)34-24-10-6-7-11-24/h3-5,8-9,12-19,24H,2,6-7,10-11,20H2,1H3,(H,28,30). The van der Waals surface area contributed by atoms with E-state index in [0.29, 0.717) is 23.7 Å².